The van der Waals surface area contributed by atoms with Crippen LogP contribution in [0.25, 0.3) is 0 Å². The molecule has 1 aliphatic carbocycles. The Morgan fingerprint density at radius 3 is 2.54 bits per heavy atom. The first-order valence-electron chi connectivity index (χ1n) is 14.2. The van der Waals surface area contributed by atoms with Gasteiger partial charge in [-0.15, -0.1) is 0 Å². The van der Waals surface area contributed by atoms with Gasteiger partial charge in [-0.05, 0) is 64.0 Å². The molecule has 1 atom stereocenters. The van der Waals surface area contributed by atoms with Crippen molar-refractivity contribution < 1.29 is 14.3 Å². The van der Waals surface area contributed by atoms with E-state index in [9.17, 15) is 9.59 Å². The molecule has 2 N–H and O–H groups in total. The van der Waals surface area contributed by atoms with Gasteiger partial charge in [0.15, 0.2) is 5.82 Å². The van der Waals surface area contributed by atoms with Crippen LogP contribution >= 0.6 is 0 Å². The highest BCUT2D eigenvalue weighted by atomic mass is 16.5. The second-order valence-electron chi connectivity index (χ2n) is 11.2. The largest absolute Gasteiger partial charge is 0.495 e. The number of fused-ring (bicyclic) bond motifs is 1. The molecule has 5 rings (SSSR count). The standard InChI is InChI=1S/C29H41N7O3/c1-19-18-36(22-8-6-5-7-9-22)26-24(35(3)28(19)38)17-30-29(33-26)32-23-11-10-20(16-25(23)39-4)27(37)31-21-12-14-34(2)15-13-21/h10-11,16-17,19,21-22H,5-9,12-15,18H2,1-4H3,(H,31,37)(H,30,32,33). The number of rotatable bonds is 6. The Morgan fingerprint density at radius 1 is 1.08 bits per heavy atom. The van der Waals surface area contributed by atoms with E-state index in [1.807, 2.05) is 13.0 Å². The number of aromatic nitrogens is 2. The van der Waals surface area contributed by atoms with Gasteiger partial charge in [0.2, 0.25) is 11.9 Å². The highest BCUT2D eigenvalue weighted by Gasteiger charge is 2.34. The molecule has 0 radical (unpaired) electrons. The lowest BCUT2D eigenvalue weighted by molar-refractivity contribution is -0.121. The van der Waals surface area contributed by atoms with Crippen LogP contribution in [0.5, 0.6) is 5.75 Å². The maximum absolute atomic E-state index is 13.0. The topological polar surface area (TPSA) is 103 Å². The van der Waals surface area contributed by atoms with Crippen molar-refractivity contribution in [1.29, 1.82) is 0 Å². The summed E-state index contributed by atoms with van der Waals surface area (Å²) in [5.41, 5.74) is 1.95. The Hall–Kier alpha value is -3.40. The maximum atomic E-state index is 13.0. The van der Waals surface area contributed by atoms with E-state index in [1.54, 1.807) is 37.4 Å². The molecule has 2 amide bonds. The van der Waals surface area contributed by atoms with Crippen LogP contribution in [0.3, 0.4) is 0 Å². The van der Waals surface area contributed by atoms with Crippen molar-refractivity contribution in [3.05, 3.63) is 30.0 Å². The number of likely N-dealkylation sites (tertiary alicyclic amines) is 1. The number of nitrogens with one attached hydrogen (secondary N) is 2. The van der Waals surface area contributed by atoms with Crippen LogP contribution in [-0.2, 0) is 4.79 Å². The number of piperidine rings is 1. The predicted octanol–water partition coefficient (Wildman–Crippen LogP) is 3.80. The zero-order valence-corrected chi connectivity index (χ0v) is 23.6. The SMILES string of the molecule is COc1cc(C(=O)NC2CCN(C)CC2)ccc1Nc1ncc2c(n1)N(C1CCCCC1)CC(C)C(=O)N2C. The van der Waals surface area contributed by atoms with Crippen molar-refractivity contribution in [2.75, 3.05) is 56.0 Å². The number of methoxy groups -OCH3 is 1. The van der Waals surface area contributed by atoms with Crippen LogP contribution < -0.4 is 25.2 Å². The number of amides is 2. The lowest BCUT2D eigenvalue weighted by Gasteiger charge is -2.35. The summed E-state index contributed by atoms with van der Waals surface area (Å²) >= 11 is 0. The molecule has 1 aromatic carbocycles. The molecule has 2 fully saturated rings. The van der Waals surface area contributed by atoms with E-state index in [0.29, 0.717) is 35.5 Å². The molecule has 1 saturated carbocycles. The Kier molecular flexibility index (Phi) is 8.20. The van der Waals surface area contributed by atoms with E-state index in [1.165, 1.54) is 19.3 Å². The van der Waals surface area contributed by atoms with E-state index in [2.05, 4.69) is 32.5 Å². The molecule has 0 spiro atoms. The van der Waals surface area contributed by atoms with Gasteiger partial charge in [0, 0.05) is 31.2 Å². The minimum atomic E-state index is -0.129. The summed E-state index contributed by atoms with van der Waals surface area (Å²) < 4.78 is 5.64. The number of benzene rings is 1. The molecule has 2 aliphatic heterocycles. The van der Waals surface area contributed by atoms with Crippen molar-refractivity contribution in [2.45, 2.75) is 64.0 Å². The zero-order valence-electron chi connectivity index (χ0n) is 23.6. The average molecular weight is 536 g/mol. The van der Waals surface area contributed by atoms with E-state index in [4.69, 9.17) is 9.72 Å². The van der Waals surface area contributed by atoms with E-state index in [0.717, 1.165) is 50.3 Å². The third kappa shape index (κ3) is 5.95. The number of hydrogen-bond donors (Lipinski definition) is 2. The summed E-state index contributed by atoms with van der Waals surface area (Å²) in [6.45, 7) is 4.60. The quantitative estimate of drug-likeness (QED) is 0.576. The predicted molar refractivity (Wildman–Crippen MR) is 153 cm³/mol. The molecule has 3 aliphatic rings. The summed E-state index contributed by atoms with van der Waals surface area (Å²) in [5, 5.41) is 6.45. The summed E-state index contributed by atoms with van der Waals surface area (Å²) in [6, 6.07) is 5.91. The van der Waals surface area contributed by atoms with Gasteiger partial charge < -0.3 is 30.1 Å². The Morgan fingerprint density at radius 2 is 1.82 bits per heavy atom. The molecule has 210 valence electrons. The first-order valence-corrected chi connectivity index (χ1v) is 14.2. The van der Waals surface area contributed by atoms with Crippen molar-refractivity contribution >= 4 is 35.0 Å². The molecular formula is C29H41N7O3. The fourth-order valence-electron chi connectivity index (χ4n) is 5.98. The molecule has 1 aromatic heterocycles. The van der Waals surface area contributed by atoms with Crippen LogP contribution in [-0.4, -0.2) is 79.6 Å². The second-order valence-corrected chi connectivity index (χ2v) is 11.2. The molecule has 39 heavy (non-hydrogen) atoms. The number of hydrogen-bond acceptors (Lipinski definition) is 8. The summed E-state index contributed by atoms with van der Waals surface area (Å²) in [6.07, 6.45) is 9.48. The molecule has 0 bridgehead atoms. The molecule has 2 aromatic rings. The monoisotopic (exact) mass is 535 g/mol. The highest BCUT2D eigenvalue weighted by Crippen LogP contribution is 2.37. The van der Waals surface area contributed by atoms with E-state index >= 15 is 0 Å². The normalized spacial score (nSPS) is 21.3. The number of ether oxygens (including phenoxy) is 1. The van der Waals surface area contributed by atoms with Crippen molar-refractivity contribution in [1.82, 2.24) is 20.2 Å². The number of carbonyl (C=O) groups is 2. The van der Waals surface area contributed by atoms with Gasteiger partial charge in [0.05, 0.1) is 24.9 Å². The number of carbonyl (C=O) groups excluding carboxylic acids is 2. The lowest BCUT2D eigenvalue weighted by Crippen LogP contribution is -2.43. The first kappa shape index (κ1) is 27.2. The van der Waals surface area contributed by atoms with Crippen LogP contribution in [0.1, 0.15) is 62.2 Å². The molecule has 3 heterocycles. The van der Waals surface area contributed by atoms with Crippen LogP contribution in [0.15, 0.2) is 24.4 Å². The second kappa shape index (κ2) is 11.8. The fourth-order valence-corrected chi connectivity index (χ4v) is 5.98. The van der Waals surface area contributed by atoms with E-state index < -0.39 is 0 Å². The van der Waals surface area contributed by atoms with Crippen molar-refractivity contribution in [3.63, 3.8) is 0 Å². The Balaban J connectivity index is 1.38. The summed E-state index contributed by atoms with van der Waals surface area (Å²) in [4.78, 5) is 41.7. The minimum Gasteiger partial charge on any atom is -0.495 e. The van der Waals surface area contributed by atoms with Gasteiger partial charge in [0.25, 0.3) is 5.91 Å². The maximum Gasteiger partial charge on any atom is 0.251 e. The third-order valence-corrected chi connectivity index (χ3v) is 8.39. The smallest absolute Gasteiger partial charge is 0.251 e. The Labute approximate surface area is 231 Å². The van der Waals surface area contributed by atoms with Gasteiger partial charge >= 0.3 is 0 Å². The van der Waals surface area contributed by atoms with Crippen LogP contribution in [0.2, 0.25) is 0 Å². The molecule has 1 unspecified atom stereocenters. The van der Waals surface area contributed by atoms with Crippen molar-refractivity contribution in [3.8, 4) is 5.75 Å². The van der Waals surface area contributed by atoms with E-state index in [-0.39, 0.29) is 23.8 Å². The van der Waals surface area contributed by atoms with Gasteiger partial charge in [0.1, 0.15) is 11.4 Å². The Bertz CT molecular complexity index is 1190. The van der Waals surface area contributed by atoms with Gasteiger partial charge in [-0.2, -0.15) is 4.98 Å². The highest BCUT2D eigenvalue weighted by molar-refractivity contribution is 5.99. The molecule has 10 heteroatoms. The molecule has 10 nitrogen and oxygen atoms in total. The third-order valence-electron chi connectivity index (χ3n) is 8.39. The fraction of sp³-hybridized carbons (Fsp3) is 0.586. The van der Waals surface area contributed by atoms with Crippen molar-refractivity contribution in [2.24, 2.45) is 5.92 Å². The summed E-state index contributed by atoms with van der Waals surface area (Å²) in [5.74, 6) is 1.60. The molecular weight excluding hydrogens is 494 g/mol. The number of anilines is 4. The summed E-state index contributed by atoms with van der Waals surface area (Å²) in [7, 11) is 5.50. The van der Waals surface area contributed by atoms with Crippen LogP contribution in [0, 0.1) is 5.92 Å². The first-order chi connectivity index (χ1) is 18.8. The number of nitrogens with zero attached hydrogens (tertiary/aromatic N) is 5. The minimum absolute atomic E-state index is 0.0784. The lowest BCUT2D eigenvalue weighted by atomic mass is 9.93. The average Bonchev–Trinajstić information content (AvgIpc) is 3.05. The van der Waals surface area contributed by atoms with Gasteiger partial charge in [-0.1, -0.05) is 26.2 Å². The van der Waals surface area contributed by atoms with Gasteiger partial charge in [-0.3, -0.25) is 9.59 Å². The van der Waals surface area contributed by atoms with Crippen LogP contribution in [0.4, 0.5) is 23.1 Å². The van der Waals surface area contributed by atoms with Gasteiger partial charge in [-0.25, -0.2) is 4.98 Å². The zero-order chi connectivity index (χ0) is 27.5. The molecule has 1 saturated heterocycles.